The number of imidazole rings is 1. The minimum Gasteiger partial charge on any atom is -0.486 e. The fourth-order valence-corrected chi connectivity index (χ4v) is 4.16. The minimum atomic E-state index is -0.522. The standard InChI is InChI=1S/C23H23N3O6/c27-21-12-15(14-26(21)16-6-7-19-20(13-16)31-11-10-30-19)22(28)32-9-3-8-25-18-5-2-1-4-17(18)24-23(25)29/h1-2,4-7,13,15H,3,8-12,14H2,(H,24,29). The zero-order valence-corrected chi connectivity index (χ0v) is 17.4. The maximum absolute atomic E-state index is 12.5. The van der Waals surface area contributed by atoms with Crippen LogP contribution in [0.4, 0.5) is 5.69 Å². The van der Waals surface area contributed by atoms with E-state index in [0.29, 0.717) is 43.4 Å². The second-order valence-corrected chi connectivity index (χ2v) is 7.85. The molecule has 1 N–H and O–H groups in total. The van der Waals surface area contributed by atoms with Gasteiger partial charge in [-0.05, 0) is 30.7 Å². The molecule has 2 aromatic carbocycles. The van der Waals surface area contributed by atoms with Crippen LogP contribution in [0.1, 0.15) is 12.8 Å². The first-order chi connectivity index (χ1) is 15.6. The molecular formula is C23H23N3O6. The van der Waals surface area contributed by atoms with Crippen LogP contribution in [0.3, 0.4) is 0 Å². The van der Waals surface area contributed by atoms with Crippen LogP contribution in [0.5, 0.6) is 11.5 Å². The van der Waals surface area contributed by atoms with E-state index < -0.39 is 11.9 Å². The number of aromatic amines is 1. The second-order valence-electron chi connectivity index (χ2n) is 7.85. The van der Waals surface area contributed by atoms with Crippen molar-refractivity contribution in [2.45, 2.75) is 19.4 Å². The first kappa shape index (κ1) is 20.2. The van der Waals surface area contributed by atoms with Gasteiger partial charge in [0.25, 0.3) is 0 Å². The first-order valence-corrected chi connectivity index (χ1v) is 10.6. The van der Waals surface area contributed by atoms with Gasteiger partial charge in [0.15, 0.2) is 11.5 Å². The van der Waals surface area contributed by atoms with Crippen LogP contribution in [-0.2, 0) is 20.9 Å². The number of ether oxygens (including phenoxy) is 3. The number of rotatable bonds is 6. The topological polar surface area (TPSA) is 103 Å². The lowest BCUT2D eigenvalue weighted by molar-refractivity contribution is -0.148. The fourth-order valence-electron chi connectivity index (χ4n) is 4.16. The van der Waals surface area contributed by atoms with Gasteiger partial charge in [0.05, 0.1) is 23.6 Å². The van der Waals surface area contributed by atoms with Crippen molar-refractivity contribution in [3.8, 4) is 11.5 Å². The molecule has 5 rings (SSSR count). The molecule has 3 aromatic rings. The highest BCUT2D eigenvalue weighted by molar-refractivity contribution is 5.99. The quantitative estimate of drug-likeness (QED) is 0.468. The van der Waals surface area contributed by atoms with E-state index in [1.165, 1.54) is 0 Å². The Kier molecular flexibility index (Phi) is 5.30. The Hall–Kier alpha value is -3.75. The Balaban J connectivity index is 1.16. The molecule has 0 radical (unpaired) electrons. The summed E-state index contributed by atoms with van der Waals surface area (Å²) in [5.41, 5.74) is 2.08. The number of amides is 1. The van der Waals surface area contributed by atoms with Gasteiger partial charge in [-0.2, -0.15) is 0 Å². The number of benzene rings is 2. The smallest absolute Gasteiger partial charge is 0.326 e. The molecule has 0 aliphatic carbocycles. The molecule has 9 heteroatoms. The Morgan fingerprint density at radius 1 is 1.09 bits per heavy atom. The van der Waals surface area contributed by atoms with Crippen molar-refractivity contribution in [2.75, 3.05) is 31.3 Å². The van der Waals surface area contributed by atoms with Gasteiger partial charge in [0, 0.05) is 31.3 Å². The highest BCUT2D eigenvalue weighted by Crippen LogP contribution is 2.36. The van der Waals surface area contributed by atoms with Gasteiger partial charge >= 0.3 is 11.7 Å². The molecule has 1 fully saturated rings. The summed E-state index contributed by atoms with van der Waals surface area (Å²) in [5, 5.41) is 0. The first-order valence-electron chi connectivity index (χ1n) is 10.6. The Labute approximate surface area is 183 Å². The number of aryl methyl sites for hydroxylation is 1. The van der Waals surface area contributed by atoms with E-state index in [4.69, 9.17) is 14.2 Å². The minimum absolute atomic E-state index is 0.106. The molecule has 0 saturated carbocycles. The Morgan fingerprint density at radius 3 is 2.78 bits per heavy atom. The van der Waals surface area contributed by atoms with Gasteiger partial charge < -0.3 is 24.1 Å². The van der Waals surface area contributed by atoms with Crippen LogP contribution < -0.4 is 20.1 Å². The van der Waals surface area contributed by atoms with Crippen LogP contribution in [0.15, 0.2) is 47.3 Å². The summed E-state index contributed by atoms with van der Waals surface area (Å²) in [5.74, 6) is 0.196. The number of esters is 1. The van der Waals surface area contributed by atoms with E-state index in [1.54, 1.807) is 27.7 Å². The molecule has 3 heterocycles. The summed E-state index contributed by atoms with van der Waals surface area (Å²) in [6.07, 6.45) is 0.606. The average molecular weight is 437 g/mol. The van der Waals surface area contributed by atoms with Gasteiger partial charge in [0.1, 0.15) is 13.2 Å². The lowest BCUT2D eigenvalue weighted by Crippen LogP contribution is -2.27. The van der Waals surface area contributed by atoms with Gasteiger partial charge in [-0.1, -0.05) is 12.1 Å². The van der Waals surface area contributed by atoms with Crippen LogP contribution in [0, 0.1) is 5.92 Å². The third-order valence-corrected chi connectivity index (χ3v) is 5.75. The number of anilines is 1. The molecule has 1 atom stereocenters. The number of H-pyrrole nitrogens is 1. The number of para-hydroxylation sites is 2. The van der Waals surface area contributed by atoms with Gasteiger partial charge in [-0.25, -0.2) is 4.79 Å². The second kappa shape index (κ2) is 8.41. The molecule has 1 unspecified atom stereocenters. The number of hydrogen-bond donors (Lipinski definition) is 1. The molecule has 1 aromatic heterocycles. The van der Waals surface area contributed by atoms with Crippen LogP contribution in [0.25, 0.3) is 11.0 Å². The number of hydrogen-bond acceptors (Lipinski definition) is 6. The fraction of sp³-hybridized carbons (Fsp3) is 0.348. The SMILES string of the molecule is O=C(OCCCn1c(=O)[nH]c2ccccc21)C1CC(=O)N(c2ccc3c(c2)OCCO3)C1. The van der Waals surface area contributed by atoms with Crippen LogP contribution in [0.2, 0.25) is 0 Å². The van der Waals surface area contributed by atoms with Crippen molar-refractivity contribution >= 4 is 28.6 Å². The van der Waals surface area contributed by atoms with Crippen molar-refractivity contribution in [3.63, 3.8) is 0 Å². The predicted molar refractivity (Wildman–Crippen MR) is 116 cm³/mol. The Morgan fingerprint density at radius 2 is 1.91 bits per heavy atom. The summed E-state index contributed by atoms with van der Waals surface area (Å²) in [6.45, 7) is 1.84. The summed E-state index contributed by atoms with van der Waals surface area (Å²) < 4.78 is 18.1. The number of fused-ring (bicyclic) bond motifs is 2. The summed E-state index contributed by atoms with van der Waals surface area (Å²) in [6, 6.07) is 12.8. The monoisotopic (exact) mass is 437 g/mol. The Bertz CT molecular complexity index is 1230. The van der Waals surface area contributed by atoms with E-state index in [0.717, 1.165) is 11.0 Å². The molecule has 1 saturated heterocycles. The van der Waals surface area contributed by atoms with Crippen molar-refractivity contribution < 1.29 is 23.8 Å². The van der Waals surface area contributed by atoms with Crippen molar-refractivity contribution in [3.05, 3.63) is 52.9 Å². The molecule has 2 aliphatic heterocycles. The summed E-state index contributed by atoms with van der Waals surface area (Å²) >= 11 is 0. The number of aromatic nitrogens is 2. The number of carbonyl (C=O) groups excluding carboxylic acids is 2. The van der Waals surface area contributed by atoms with Gasteiger partial charge in [-0.3, -0.25) is 14.2 Å². The van der Waals surface area contributed by atoms with E-state index in [-0.39, 0.29) is 31.2 Å². The van der Waals surface area contributed by atoms with Gasteiger partial charge in [-0.15, -0.1) is 0 Å². The highest BCUT2D eigenvalue weighted by Gasteiger charge is 2.36. The molecule has 1 amide bonds. The average Bonchev–Trinajstić information content (AvgIpc) is 3.35. The van der Waals surface area contributed by atoms with E-state index >= 15 is 0 Å². The van der Waals surface area contributed by atoms with E-state index in [2.05, 4.69) is 4.98 Å². The zero-order valence-electron chi connectivity index (χ0n) is 17.4. The predicted octanol–water partition coefficient (Wildman–Crippen LogP) is 2.09. The molecule has 166 valence electrons. The third-order valence-electron chi connectivity index (χ3n) is 5.75. The van der Waals surface area contributed by atoms with Gasteiger partial charge in [0.2, 0.25) is 5.91 Å². The maximum Gasteiger partial charge on any atom is 0.326 e. The number of nitrogens with zero attached hydrogens (tertiary/aromatic N) is 2. The molecule has 0 spiro atoms. The van der Waals surface area contributed by atoms with E-state index in [9.17, 15) is 14.4 Å². The molecule has 0 bridgehead atoms. The highest BCUT2D eigenvalue weighted by atomic mass is 16.6. The summed E-state index contributed by atoms with van der Waals surface area (Å²) in [7, 11) is 0. The zero-order chi connectivity index (χ0) is 22.1. The van der Waals surface area contributed by atoms with Crippen molar-refractivity contribution in [1.82, 2.24) is 9.55 Å². The molecule has 2 aliphatic rings. The van der Waals surface area contributed by atoms with Crippen molar-refractivity contribution in [2.24, 2.45) is 5.92 Å². The lowest BCUT2D eigenvalue weighted by Gasteiger charge is -2.22. The maximum atomic E-state index is 12.5. The largest absolute Gasteiger partial charge is 0.486 e. The molecular weight excluding hydrogens is 414 g/mol. The summed E-state index contributed by atoms with van der Waals surface area (Å²) in [4.78, 5) is 41.5. The number of nitrogens with one attached hydrogen (secondary N) is 1. The van der Waals surface area contributed by atoms with E-state index in [1.807, 2.05) is 24.3 Å². The van der Waals surface area contributed by atoms with Crippen LogP contribution in [-0.4, -0.2) is 47.8 Å². The van der Waals surface area contributed by atoms with Crippen LogP contribution >= 0.6 is 0 Å². The number of carbonyl (C=O) groups is 2. The molecule has 32 heavy (non-hydrogen) atoms. The van der Waals surface area contributed by atoms with Crippen molar-refractivity contribution in [1.29, 1.82) is 0 Å². The normalized spacial score (nSPS) is 17.7. The molecule has 9 nitrogen and oxygen atoms in total. The lowest BCUT2D eigenvalue weighted by atomic mass is 10.1. The third kappa shape index (κ3) is 3.81.